The van der Waals surface area contributed by atoms with Crippen LogP contribution in [0.2, 0.25) is 0 Å². The number of hydrogen-bond donors (Lipinski definition) is 1. The van der Waals surface area contributed by atoms with Gasteiger partial charge >= 0.3 is 5.69 Å². The monoisotopic (exact) mass is 289 g/mol. The Morgan fingerprint density at radius 1 is 1.19 bits per heavy atom. The van der Waals surface area contributed by atoms with E-state index in [1.54, 1.807) is 24.3 Å². The standard InChI is InChI=1S/C15H15NO5/c1-20-12-6-7-15(13(10-12)16(18)19)21-14-5-3-2-4-11(14)8-9-17/h2-7,10,17H,8-9H2,1H3. The fraction of sp³-hybridized carbons (Fsp3) is 0.200. The van der Waals surface area contributed by atoms with Gasteiger partial charge in [0.15, 0.2) is 0 Å². The molecule has 0 aliphatic carbocycles. The normalized spacial score (nSPS) is 10.2. The Bertz CT molecular complexity index is 642. The first kappa shape index (κ1) is 14.8. The van der Waals surface area contributed by atoms with Gasteiger partial charge in [0.25, 0.3) is 0 Å². The summed E-state index contributed by atoms with van der Waals surface area (Å²) in [6, 6.07) is 11.5. The number of para-hydroxylation sites is 1. The molecule has 2 aromatic rings. The van der Waals surface area contributed by atoms with Crippen molar-refractivity contribution in [1.29, 1.82) is 0 Å². The quantitative estimate of drug-likeness (QED) is 0.653. The van der Waals surface area contributed by atoms with E-state index in [1.165, 1.54) is 19.2 Å². The van der Waals surface area contributed by atoms with Crippen LogP contribution in [0.1, 0.15) is 5.56 Å². The summed E-state index contributed by atoms with van der Waals surface area (Å²) in [7, 11) is 1.44. The summed E-state index contributed by atoms with van der Waals surface area (Å²) in [6.07, 6.45) is 0.417. The van der Waals surface area contributed by atoms with Crippen molar-refractivity contribution >= 4 is 5.69 Å². The third-order valence-corrected chi connectivity index (χ3v) is 2.94. The Kier molecular flexibility index (Phi) is 4.73. The van der Waals surface area contributed by atoms with Crippen LogP contribution in [0.5, 0.6) is 17.2 Å². The number of nitro groups is 1. The second kappa shape index (κ2) is 6.71. The Balaban J connectivity index is 2.37. The molecule has 6 nitrogen and oxygen atoms in total. The van der Waals surface area contributed by atoms with Crippen LogP contribution < -0.4 is 9.47 Å². The predicted molar refractivity (Wildman–Crippen MR) is 77.0 cm³/mol. The molecule has 21 heavy (non-hydrogen) atoms. The van der Waals surface area contributed by atoms with Crippen molar-refractivity contribution in [3.8, 4) is 17.2 Å². The molecule has 6 heteroatoms. The smallest absolute Gasteiger partial charge is 0.315 e. The van der Waals surface area contributed by atoms with Crippen LogP contribution in [-0.2, 0) is 6.42 Å². The minimum absolute atomic E-state index is 0.0227. The van der Waals surface area contributed by atoms with Crippen LogP contribution in [0, 0.1) is 10.1 Å². The van der Waals surface area contributed by atoms with Crippen LogP contribution in [-0.4, -0.2) is 23.7 Å². The fourth-order valence-electron chi connectivity index (χ4n) is 1.90. The summed E-state index contributed by atoms with van der Waals surface area (Å²) in [4.78, 5) is 10.6. The Hall–Kier alpha value is -2.60. The van der Waals surface area contributed by atoms with Crippen molar-refractivity contribution in [3.05, 3.63) is 58.1 Å². The molecule has 0 spiro atoms. The number of ether oxygens (including phenoxy) is 2. The molecule has 0 fully saturated rings. The molecular weight excluding hydrogens is 274 g/mol. The zero-order chi connectivity index (χ0) is 15.2. The van der Waals surface area contributed by atoms with Crippen LogP contribution >= 0.6 is 0 Å². The van der Waals surface area contributed by atoms with Crippen molar-refractivity contribution in [2.45, 2.75) is 6.42 Å². The fourth-order valence-corrected chi connectivity index (χ4v) is 1.90. The highest BCUT2D eigenvalue weighted by molar-refractivity contribution is 5.53. The van der Waals surface area contributed by atoms with Gasteiger partial charge in [0.05, 0.1) is 18.1 Å². The summed E-state index contributed by atoms with van der Waals surface area (Å²) in [5.41, 5.74) is 0.610. The second-order valence-corrected chi connectivity index (χ2v) is 4.27. The molecule has 0 bridgehead atoms. The Labute approximate surface area is 121 Å². The van der Waals surface area contributed by atoms with Crippen molar-refractivity contribution in [2.75, 3.05) is 13.7 Å². The number of methoxy groups -OCH3 is 1. The topological polar surface area (TPSA) is 81.8 Å². The highest BCUT2D eigenvalue weighted by atomic mass is 16.6. The summed E-state index contributed by atoms with van der Waals surface area (Å²) in [5, 5.41) is 20.2. The van der Waals surface area contributed by atoms with Gasteiger partial charge in [0.1, 0.15) is 11.5 Å². The van der Waals surface area contributed by atoms with Gasteiger partial charge in [0, 0.05) is 6.61 Å². The van der Waals surface area contributed by atoms with E-state index in [-0.39, 0.29) is 18.0 Å². The van der Waals surface area contributed by atoms with Gasteiger partial charge in [-0.2, -0.15) is 0 Å². The number of aliphatic hydroxyl groups is 1. The average molecular weight is 289 g/mol. The molecule has 1 N–H and O–H groups in total. The van der Waals surface area contributed by atoms with Gasteiger partial charge in [0.2, 0.25) is 5.75 Å². The molecule has 2 aromatic carbocycles. The van der Waals surface area contributed by atoms with Crippen LogP contribution in [0.3, 0.4) is 0 Å². The van der Waals surface area contributed by atoms with Crippen LogP contribution in [0.4, 0.5) is 5.69 Å². The number of nitrogens with zero attached hydrogens (tertiary/aromatic N) is 1. The van der Waals surface area contributed by atoms with E-state index in [0.717, 1.165) is 5.56 Å². The van der Waals surface area contributed by atoms with E-state index in [2.05, 4.69) is 0 Å². The molecule has 0 saturated heterocycles. The first-order chi connectivity index (χ1) is 10.2. The number of nitro benzene ring substituents is 1. The van der Waals surface area contributed by atoms with E-state index in [4.69, 9.17) is 14.6 Å². The maximum Gasteiger partial charge on any atom is 0.315 e. The van der Waals surface area contributed by atoms with Gasteiger partial charge in [-0.15, -0.1) is 0 Å². The molecule has 0 atom stereocenters. The van der Waals surface area contributed by atoms with E-state index in [0.29, 0.717) is 17.9 Å². The van der Waals surface area contributed by atoms with Crippen molar-refractivity contribution in [3.63, 3.8) is 0 Å². The molecule has 0 aliphatic heterocycles. The van der Waals surface area contributed by atoms with E-state index < -0.39 is 4.92 Å². The average Bonchev–Trinajstić information content (AvgIpc) is 2.49. The number of hydrogen-bond acceptors (Lipinski definition) is 5. The second-order valence-electron chi connectivity index (χ2n) is 4.27. The molecule has 0 amide bonds. The lowest BCUT2D eigenvalue weighted by atomic mass is 10.1. The third kappa shape index (κ3) is 3.49. The van der Waals surface area contributed by atoms with E-state index in [9.17, 15) is 10.1 Å². The highest BCUT2D eigenvalue weighted by Gasteiger charge is 2.18. The van der Waals surface area contributed by atoms with Crippen molar-refractivity contribution < 1.29 is 19.5 Å². The lowest BCUT2D eigenvalue weighted by Gasteiger charge is -2.11. The minimum Gasteiger partial charge on any atom is -0.496 e. The number of aliphatic hydroxyl groups excluding tert-OH is 1. The molecule has 0 radical (unpaired) electrons. The largest absolute Gasteiger partial charge is 0.496 e. The van der Waals surface area contributed by atoms with Gasteiger partial charge < -0.3 is 14.6 Å². The zero-order valence-electron chi connectivity index (χ0n) is 11.5. The molecule has 0 saturated carbocycles. The molecule has 2 rings (SSSR count). The maximum atomic E-state index is 11.1. The van der Waals surface area contributed by atoms with Crippen molar-refractivity contribution in [2.24, 2.45) is 0 Å². The molecule has 0 aromatic heterocycles. The number of benzene rings is 2. The van der Waals surface area contributed by atoms with Gasteiger partial charge in [-0.3, -0.25) is 10.1 Å². The summed E-state index contributed by atoms with van der Waals surface area (Å²) < 4.78 is 10.6. The lowest BCUT2D eigenvalue weighted by Crippen LogP contribution is -1.98. The summed E-state index contributed by atoms with van der Waals surface area (Å²) in [6.45, 7) is -0.0227. The maximum absolute atomic E-state index is 11.1. The summed E-state index contributed by atoms with van der Waals surface area (Å²) in [5.74, 6) is 1.00. The molecule has 0 aliphatic rings. The predicted octanol–water partition coefficient (Wildman–Crippen LogP) is 2.93. The van der Waals surface area contributed by atoms with E-state index in [1.807, 2.05) is 6.07 Å². The minimum atomic E-state index is -0.521. The van der Waals surface area contributed by atoms with Gasteiger partial charge in [-0.25, -0.2) is 0 Å². The Morgan fingerprint density at radius 2 is 1.95 bits per heavy atom. The van der Waals surface area contributed by atoms with Gasteiger partial charge in [-0.1, -0.05) is 18.2 Å². The first-order valence-corrected chi connectivity index (χ1v) is 6.34. The van der Waals surface area contributed by atoms with Crippen LogP contribution in [0.25, 0.3) is 0 Å². The zero-order valence-corrected chi connectivity index (χ0v) is 11.5. The molecule has 0 heterocycles. The molecular formula is C15H15NO5. The highest BCUT2D eigenvalue weighted by Crippen LogP contribution is 2.35. The van der Waals surface area contributed by atoms with Gasteiger partial charge in [-0.05, 0) is 30.2 Å². The third-order valence-electron chi connectivity index (χ3n) is 2.94. The lowest BCUT2D eigenvalue weighted by molar-refractivity contribution is -0.385. The molecule has 110 valence electrons. The van der Waals surface area contributed by atoms with Crippen LogP contribution in [0.15, 0.2) is 42.5 Å². The van der Waals surface area contributed by atoms with E-state index >= 15 is 0 Å². The summed E-state index contributed by atoms with van der Waals surface area (Å²) >= 11 is 0. The number of rotatable bonds is 6. The Morgan fingerprint density at radius 3 is 2.62 bits per heavy atom. The van der Waals surface area contributed by atoms with Crippen molar-refractivity contribution in [1.82, 2.24) is 0 Å². The first-order valence-electron chi connectivity index (χ1n) is 6.34. The molecule has 0 unspecified atom stereocenters. The SMILES string of the molecule is COc1ccc(Oc2ccccc2CCO)c([N+](=O)[O-])c1.